The van der Waals surface area contributed by atoms with Crippen LogP contribution in [0.4, 0.5) is 0 Å². The molecule has 0 bridgehead atoms. The molecule has 0 aromatic carbocycles. The van der Waals surface area contributed by atoms with E-state index in [-0.39, 0.29) is 12.1 Å². The van der Waals surface area contributed by atoms with Gasteiger partial charge in [-0.25, -0.2) is 0 Å². The van der Waals surface area contributed by atoms with Gasteiger partial charge in [0.25, 0.3) is 0 Å². The molecule has 1 heterocycles. The van der Waals surface area contributed by atoms with E-state index in [1.165, 1.54) is 12.0 Å². The molecule has 2 N–H and O–H groups in total. The molecule has 1 aliphatic rings. The minimum Gasteiger partial charge on any atom is -0.394 e. The molecule has 14 heavy (non-hydrogen) atoms. The Labute approximate surface area is 84.2 Å². The van der Waals surface area contributed by atoms with Crippen molar-refractivity contribution in [1.82, 2.24) is 10.3 Å². The number of aliphatic hydroxyl groups is 1. The van der Waals surface area contributed by atoms with Gasteiger partial charge in [-0.2, -0.15) is 0 Å². The highest BCUT2D eigenvalue weighted by Crippen LogP contribution is 2.31. The fourth-order valence-corrected chi connectivity index (χ4v) is 1.79. The Morgan fingerprint density at radius 2 is 2.36 bits per heavy atom. The van der Waals surface area contributed by atoms with E-state index in [0.717, 1.165) is 19.4 Å². The maximum atomic E-state index is 9.24. The summed E-state index contributed by atoms with van der Waals surface area (Å²) in [5.74, 6) is 0. The van der Waals surface area contributed by atoms with Gasteiger partial charge in [0.05, 0.1) is 6.61 Å². The fraction of sp³-hybridized carbons (Fsp3) is 0.545. The van der Waals surface area contributed by atoms with Crippen LogP contribution >= 0.6 is 0 Å². The molecule has 3 nitrogen and oxygen atoms in total. The largest absolute Gasteiger partial charge is 0.394 e. The van der Waals surface area contributed by atoms with Gasteiger partial charge in [0.15, 0.2) is 0 Å². The predicted molar refractivity (Wildman–Crippen MR) is 54.7 cm³/mol. The Morgan fingerprint density at radius 3 is 2.86 bits per heavy atom. The van der Waals surface area contributed by atoms with E-state index in [1.54, 1.807) is 6.20 Å². The number of aromatic nitrogens is 1. The van der Waals surface area contributed by atoms with E-state index in [9.17, 15) is 5.11 Å². The first kappa shape index (κ1) is 9.62. The lowest BCUT2D eigenvalue weighted by atomic mass is 9.77. The molecule has 1 fully saturated rings. The number of pyridine rings is 1. The number of aliphatic hydroxyl groups excluding tert-OH is 1. The third-order valence-corrected chi connectivity index (χ3v) is 3.00. The molecular formula is C11H16N2O. The molecule has 3 heteroatoms. The van der Waals surface area contributed by atoms with Crippen molar-refractivity contribution >= 4 is 0 Å². The molecule has 0 atom stereocenters. The van der Waals surface area contributed by atoms with Crippen molar-refractivity contribution in [3.8, 4) is 0 Å². The summed E-state index contributed by atoms with van der Waals surface area (Å²) in [7, 11) is 0. The Hall–Kier alpha value is -0.930. The zero-order chi connectivity index (χ0) is 9.86. The predicted octanol–water partition coefficient (Wildman–Crippen LogP) is 1.09. The average Bonchev–Trinajstić information content (AvgIpc) is 2.19. The highest BCUT2D eigenvalue weighted by Gasteiger charge is 2.35. The van der Waals surface area contributed by atoms with E-state index in [0.29, 0.717) is 0 Å². The first-order valence-electron chi connectivity index (χ1n) is 5.09. The van der Waals surface area contributed by atoms with Crippen LogP contribution in [0.15, 0.2) is 24.5 Å². The van der Waals surface area contributed by atoms with Gasteiger partial charge in [-0.15, -0.1) is 0 Å². The lowest BCUT2D eigenvalue weighted by Crippen LogP contribution is -2.53. The van der Waals surface area contributed by atoms with Gasteiger partial charge >= 0.3 is 0 Å². The molecular weight excluding hydrogens is 176 g/mol. The molecule has 0 aliphatic heterocycles. The van der Waals surface area contributed by atoms with Crippen molar-refractivity contribution < 1.29 is 5.11 Å². The first-order chi connectivity index (χ1) is 6.85. The molecule has 0 unspecified atom stereocenters. The zero-order valence-corrected chi connectivity index (χ0v) is 8.24. The molecule has 1 aromatic heterocycles. The van der Waals surface area contributed by atoms with Crippen molar-refractivity contribution in [3.05, 3.63) is 30.1 Å². The summed E-state index contributed by atoms with van der Waals surface area (Å²) in [6.07, 6.45) is 7.03. The van der Waals surface area contributed by atoms with Crippen LogP contribution in [0, 0.1) is 0 Å². The number of nitrogens with zero attached hydrogens (tertiary/aromatic N) is 1. The van der Waals surface area contributed by atoms with Gasteiger partial charge in [-0.3, -0.25) is 4.98 Å². The molecule has 0 amide bonds. The van der Waals surface area contributed by atoms with E-state index in [2.05, 4.69) is 10.3 Å². The summed E-state index contributed by atoms with van der Waals surface area (Å²) in [4.78, 5) is 4.05. The second-order valence-corrected chi connectivity index (χ2v) is 4.01. The van der Waals surface area contributed by atoms with Crippen LogP contribution in [0.2, 0.25) is 0 Å². The summed E-state index contributed by atoms with van der Waals surface area (Å²) in [5, 5.41) is 12.6. The SMILES string of the molecule is OCC1(NCc2cccnc2)CCC1. The zero-order valence-electron chi connectivity index (χ0n) is 8.24. The van der Waals surface area contributed by atoms with Crippen LogP contribution in [-0.2, 0) is 6.54 Å². The second kappa shape index (κ2) is 4.07. The minimum atomic E-state index is -0.00413. The van der Waals surface area contributed by atoms with Crippen molar-refractivity contribution in [2.75, 3.05) is 6.61 Å². The number of rotatable bonds is 4. The first-order valence-corrected chi connectivity index (χ1v) is 5.09. The molecule has 0 saturated heterocycles. The van der Waals surface area contributed by atoms with E-state index >= 15 is 0 Å². The van der Waals surface area contributed by atoms with Crippen LogP contribution in [-0.4, -0.2) is 22.2 Å². The Kier molecular flexibility index (Phi) is 2.79. The lowest BCUT2D eigenvalue weighted by molar-refractivity contribution is 0.0872. The molecule has 1 aliphatic carbocycles. The maximum Gasteiger partial charge on any atom is 0.0613 e. The normalized spacial score (nSPS) is 18.9. The molecule has 1 aromatic rings. The monoisotopic (exact) mass is 192 g/mol. The molecule has 0 radical (unpaired) electrons. The summed E-state index contributed by atoms with van der Waals surface area (Å²) >= 11 is 0. The number of hydrogen-bond donors (Lipinski definition) is 2. The highest BCUT2D eigenvalue weighted by molar-refractivity contribution is 5.09. The Morgan fingerprint density at radius 1 is 1.50 bits per heavy atom. The summed E-state index contributed by atoms with van der Waals surface area (Å²) in [6.45, 7) is 1.04. The summed E-state index contributed by atoms with van der Waals surface area (Å²) in [5.41, 5.74) is 1.17. The number of nitrogens with one attached hydrogen (secondary N) is 1. The third-order valence-electron chi connectivity index (χ3n) is 3.00. The van der Waals surface area contributed by atoms with E-state index in [1.807, 2.05) is 18.3 Å². The number of hydrogen-bond acceptors (Lipinski definition) is 3. The van der Waals surface area contributed by atoms with Gasteiger partial charge < -0.3 is 10.4 Å². The van der Waals surface area contributed by atoms with Gasteiger partial charge in [0, 0.05) is 24.5 Å². The van der Waals surface area contributed by atoms with Crippen molar-refractivity contribution in [1.29, 1.82) is 0 Å². The smallest absolute Gasteiger partial charge is 0.0613 e. The van der Waals surface area contributed by atoms with Gasteiger partial charge in [0.1, 0.15) is 0 Å². The quantitative estimate of drug-likeness (QED) is 0.750. The maximum absolute atomic E-state index is 9.24. The molecule has 0 spiro atoms. The van der Waals surface area contributed by atoms with Gasteiger partial charge in [-0.05, 0) is 30.9 Å². The fourth-order valence-electron chi connectivity index (χ4n) is 1.79. The van der Waals surface area contributed by atoms with Crippen LogP contribution in [0.1, 0.15) is 24.8 Å². The molecule has 1 saturated carbocycles. The summed E-state index contributed by atoms with van der Waals surface area (Å²) < 4.78 is 0. The van der Waals surface area contributed by atoms with Gasteiger partial charge in [0.2, 0.25) is 0 Å². The lowest BCUT2D eigenvalue weighted by Gasteiger charge is -2.41. The van der Waals surface area contributed by atoms with E-state index in [4.69, 9.17) is 0 Å². The Bertz CT molecular complexity index is 277. The average molecular weight is 192 g/mol. The van der Waals surface area contributed by atoms with Crippen LogP contribution in [0.5, 0.6) is 0 Å². The molecule has 2 rings (SSSR count). The highest BCUT2D eigenvalue weighted by atomic mass is 16.3. The van der Waals surface area contributed by atoms with Crippen LogP contribution < -0.4 is 5.32 Å². The summed E-state index contributed by atoms with van der Waals surface area (Å²) in [6, 6.07) is 3.98. The van der Waals surface area contributed by atoms with Crippen LogP contribution in [0.3, 0.4) is 0 Å². The molecule has 76 valence electrons. The van der Waals surface area contributed by atoms with E-state index < -0.39 is 0 Å². The Balaban J connectivity index is 1.88. The van der Waals surface area contributed by atoms with Crippen molar-refractivity contribution in [3.63, 3.8) is 0 Å². The topological polar surface area (TPSA) is 45.1 Å². The third kappa shape index (κ3) is 1.94. The minimum absolute atomic E-state index is 0.00413. The van der Waals surface area contributed by atoms with Crippen molar-refractivity contribution in [2.24, 2.45) is 0 Å². The second-order valence-electron chi connectivity index (χ2n) is 4.01. The van der Waals surface area contributed by atoms with Gasteiger partial charge in [-0.1, -0.05) is 6.07 Å². The standard InChI is InChI=1S/C11H16N2O/c14-9-11(4-2-5-11)13-8-10-3-1-6-12-7-10/h1,3,6-7,13-14H,2,4-5,8-9H2. The van der Waals surface area contributed by atoms with Crippen LogP contribution in [0.25, 0.3) is 0 Å². The van der Waals surface area contributed by atoms with Crippen molar-refractivity contribution in [2.45, 2.75) is 31.3 Å².